The zero-order valence-corrected chi connectivity index (χ0v) is 17.6. The predicted octanol–water partition coefficient (Wildman–Crippen LogP) is 4.02. The van der Waals surface area contributed by atoms with Crippen molar-refractivity contribution in [2.24, 2.45) is 5.92 Å². The van der Waals surface area contributed by atoms with Crippen LogP contribution in [-0.2, 0) is 22.7 Å². The Hall–Kier alpha value is -2.18. The third-order valence-corrected chi connectivity index (χ3v) is 7.26. The molecule has 5 nitrogen and oxygen atoms in total. The Balaban J connectivity index is 1.63. The molecule has 1 aliphatic rings. The highest BCUT2D eigenvalue weighted by molar-refractivity contribution is 7.90. The largest absolute Gasteiger partial charge is 0.396 e. The van der Waals surface area contributed by atoms with Crippen LogP contribution in [0.1, 0.15) is 48.4 Å². The number of fused-ring (bicyclic) bond motifs is 1. The monoisotopic (exact) mass is 412 g/mol. The van der Waals surface area contributed by atoms with Gasteiger partial charge in [0.1, 0.15) is 5.65 Å². The van der Waals surface area contributed by atoms with Crippen LogP contribution in [0.4, 0.5) is 0 Å². The van der Waals surface area contributed by atoms with E-state index in [9.17, 15) is 8.42 Å². The second kappa shape index (κ2) is 8.28. The molecule has 6 heteroatoms. The lowest BCUT2D eigenvalue weighted by atomic mass is 9.82. The van der Waals surface area contributed by atoms with E-state index in [0.29, 0.717) is 23.2 Å². The highest BCUT2D eigenvalue weighted by Gasteiger charge is 2.27. The number of nitrogens with one attached hydrogen (secondary N) is 1. The first-order valence-corrected chi connectivity index (χ1v) is 12.2. The van der Waals surface area contributed by atoms with Crippen molar-refractivity contribution in [3.05, 3.63) is 59.4 Å². The fraction of sp³-hybridized carbons (Fsp3) is 0.435. The van der Waals surface area contributed by atoms with Gasteiger partial charge in [-0.2, -0.15) is 0 Å². The maximum absolute atomic E-state index is 11.8. The van der Waals surface area contributed by atoms with Crippen molar-refractivity contribution in [1.29, 1.82) is 0 Å². The SMILES string of the molecule is CS(=O)(=O)c1ccc(C(Cc2cc3cc(CCO)cnc3[nH]2)C2CCCC2)cc1. The molecule has 0 bridgehead atoms. The maximum atomic E-state index is 11.8. The number of aromatic nitrogens is 2. The molecule has 1 unspecified atom stereocenters. The number of pyridine rings is 1. The summed E-state index contributed by atoms with van der Waals surface area (Å²) in [6, 6.07) is 11.7. The number of H-pyrrole nitrogens is 1. The molecular weight excluding hydrogens is 384 g/mol. The van der Waals surface area contributed by atoms with Crippen LogP contribution in [0.15, 0.2) is 47.5 Å². The molecule has 2 heterocycles. The zero-order chi connectivity index (χ0) is 20.4. The molecule has 2 aromatic heterocycles. The van der Waals surface area contributed by atoms with Gasteiger partial charge >= 0.3 is 0 Å². The van der Waals surface area contributed by atoms with E-state index < -0.39 is 9.84 Å². The van der Waals surface area contributed by atoms with Crippen molar-refractivity contribution in [2.75, 3.05) is 12.9 Å². The molecule has 1 saturated carbocycles. The molecule has 1 fully saturated rings. The molecular formula is C23H28N2O3S. The number of aliphatic hydroxyl groups excluding tert-OH is 1. The Labute approximate surface area is 172 Å². The Kier molecular flexibility index (Phi) is 5.74. The highest BCUT2D eigenvalue weighted by Crippen LogP contribution is 2.39. The van der Waals surface area contributed by atoms with Crippen LogP contribution < -0.4 is 0 Å². The minimum Gasteiger partial charge on any atom is -0.396 e. The number of aliphatic hydroxyl groups is 1. The first kappa shape index (κ1) is 20.1. The average Bonchev–Trinajstić information content (AvgIpc) is 3.35. The minimum absolute atomic E-state index is 0.123. The second-order valence-electron chi connectivity index (χ2n) is 8.25. The molecule has 0 aliphatic heterocycles. The highest BCUT2D eigenvalue weighted by atomic mass is 32.2. The predicted molar refractivity (Wildman–Crippen MR) is 115 cm³/mol. The van der Waals surface area contributed by atoms with Gasteiger partial charge in [0.25, 0.3) is 0 Å². The summed E-state index contributed by atoms with van der Waals surface area (Å²) in [5.74, 6) is 0.972. The van der Waals surface area contributed by atoms with Gasteiger partial charge in [0.15, 0.2) is 9.84 Å². The molecule has 1 atom stereocenters. The van der Waals surface area contributed by atoms with Gasteiger partial charge < -0.3 is 10.1 Å². The van der Waals surface area contributed by atoms with E-state index in [2.05, 4.69) is 22.1 Å². The Bertz CT molecular complexity index is 1080. The van der Waals surface area contributed by atoms with Crippen LogP contribution in [0.25, 0.3) is 11.0 Å². The van der Waals surface area contributed by atoms with Crippen molar-refractivity contribution in [2.45, 2.75) is 49.3 Å². The average molecular weight is 413 g/mol. The quantitative estimate of drug-likeness (QED) is 0.614. The molecule has 29 heavy (non-hydrogen) atoms. The summed E-state index contributed by atoms with van der Waals surface area (Å²) in [5.41, 5.74) is 4.27. The molecule has 4 rings (SSSR count). The van der Waals surface area contributed by atoms with E-state index in [4.69, 9.17) is 5.11 Å². The molecule has 154 valence electrons. The van der Waals surface area contributed by atoms with E-state index in [1.165, 1.54) is 37.5 Å². The van der Waals surface area contributed by atoms with Crippen LogP contribution in [0.5, 0.6) is 0 Å². The number of nitrogens with zero attached hydrogens (tertiary/aromatic N) is 1. The van der Waals surface area contributed by atoms with Gasteiger partial charge in [-0.1, -0.05) is 25.0 Å². The fourth-order valence-corrected chi connectivity index (χ4v) is 5.24. The summed E-state index contributed by atoms with van der Waals surface area (Å²) in [5, 5.41) is 10.2. The van der Waals surface area contributed by atoms with Crippen molar-refractivity contribution in [3.63, 3.8) is 0 Å². The van der Waals surface area contributed by atoms with Gasteiger partial charge in [-0.25, -0.2) is 13.4 Å². The summed E-state index contributed by atoms with van der Waals surface area (Å²) in [4.78, 5) is 8.33. The smallest absolute Gasteiger partial charge is 0.175 e. The molecule has 0 saturated heterocycles. The summed E-state index contributed by atoms with van der Waals surface area (Å²) < 4.78 is 23.6. The summed E-state index contributed by atoms with van der Waals surface area (Å²) >= 11 is 0. The van der Waals surface area contributed by atoms with Crippen LogP contribution in [0.2, 0.25) is 0 Å². The molecule has 0 spiro atoms. The van der Waals surface area contributed by atoms with E-state index in [1.54, 1.807) is 12.1 Å². The van der Waals surface area contributed by atoms with E-state index >= 15 is 0 Å². The number of sulfone groups is 1. The van der Waals surface area contributed by atoms with E-state index in [-0.39, 0.29) is 6.61 Å². The topological polar surface area (TPSA) is 83.1 Å². The lowest BCUT2D eigenvalue weighted by molar-refractivity contribution is 0.299. The molecule has 1 aromatic carbocycles. The summed E-state index contributed by atoms with van der Waals surface area (Å²) in [6.07, 6.45) is 9.53. The molecule has 2 N–H and O–H groups in total. The lowest BCUT2D eigenvalue weighted by Gasteiger charge is -2.24. The van der Waals surface area contributed by atoms with Crippen molar-refractivity contribution in [3.8, 4) is 0 Å². The molecule has 1 aliphatic carbocycles. The van der Waals surface area contributed by atoms with Crippen LogP contribution in [0.3, 0.4) is 0 Å². The normalized spacial score (nSPS) is 16.5. The number of benzene rings is 1. The summed E-state index contributed by atoms with van der Waals surface area (Å²) in [6.45, 7) is 0.123. The molecule has 3 aromatic rings. The standard InChI is InChI=1S/C23H28N2O3S/c1-29(27,28)21-8-6-18(7-9-21)22(17-4-2-3-5-17)14-20-13-19-12-16(10-11-26)15-24-23(19)25-20/h6-9,12-13,15,17,22,26H,2-5,10-11,14H2,1H3,(H,24,25). The van der Waals surface area contributed by atoms with Gasteiger partial charge in [-0.3, -0.25) is 0 Å². The molecule has 0 radical (unpaired) electrons. The number of hydrogen-bond acceptors (Lipinski definition) is 4. The lowest BCUT2D eigenvalue weighted by Crippen LogP contribution is -2.13. The van der Waals surface area contributed by atoms with E-state index in [0.717, 1.165) is 28.7 Å². The Morgan fingerprint density at radius 1 is 1.17 bits per heavy atom. The van der Waals surface area contributed by atoms with Crippen LogP contribution >= 0.6 is 0 Å². The van der Waals surface area contributed by atoms with Crippen LogP contribution in [0, 0.1) is 5.92 Å². The number of hydrogen-bond donors (Lipinski definition) is 2. The van der Waals surface area contributed by atoms with E-state index in [1.807, 2.05) is 18.3 Å². The Morgan fingerprint density at radius 3 is 2.55 bits per heavy atom. The first-order chi connectivity index (χ1) is 13.9. The Morgan fingerprint density at radius 2 is 1.90 bits per heavy atom. The third-order valence-electron chi connectivity index (χ3n) is 6.13. The van der Waals surface area contributed by atoms with Crippen molar-refractivity contribution in [1.82, 2.24) is 9.97 Å². The minimum atomic E-state index is -3.18. The van der Waals surface area contributed by atoms with Gasteiger partial charge in [-0.05, 0) is 72.9 Å². The van der Waals surface area contributed by atoms with Crippen molar-refractivity contribution < 1.29 is 13.5 Å². The van der Waals surface area contributed by atoms with Gasteiger partial charge in [0, 0.05) is 30.1 Å². The van der Waals surface area contributed by atoms with Crippen LogP contribution in [-0.4, -0.2) is 36.4 Å². The summed E-state index contributed by atoms with van der Waals surface area (Å²) in [7, 11) is -3.18. The van der Waals surface area contributed by atoms with Crippen molar-refractivity contribution >= 4 is 20.9 Å². The zero-order valence-electron chi connectivity index (χ0n) is 16.8. The molecule has 0 amide bonds. The van der Waals surface area contributed by atoms with Gasteiger partial charge in [-0.15, -0.1) is 0 Å². The maximum Gasteiger partial charge on any atom is 0.175 e. The second-order valence-corrected chi connectivity index (χ2v) is 10.3. The number of aromatic amines is 1. The van der Waals surface area contributed by atoms with Gasteiger partial charge in [0.05, 0.1) is 4.90 Å². The van der Waals surface area contributed by atoms with Gasteiger partial charge in [0.2, 0.25) is 0 Å². The number of rotatable bonds is 7. The first-order valence-electron chi connectivity index (χ1n) is 10.3. The third kappa shape index (κ3) is 4.54. The fourth-order valence-electron chi connectivity index (χ4n) is 4.61.